The average molecular weight is 543 g/mol. The van der Waals surface area contributed by atoms with Gasteiger partial charge in [-0.15, -0.1) is 8.78 Å². The SMILES string of the molecule is C[S+](c1ccccc1)C(F)(F)C(F)(F)C(F)(F)C(F)(F)C(F)(F)C(F)(F)C(F)(F)C(F)(F)F. The molecule has 18 heteroatoms. The van der Waals surface area contributed by atoms with Crippen LogP contribution in [0.15, 0.2) is 35.2 Å². The minimum Gasteiger partial charge on any atom is -0.192 e. The molecular formula is C15H8F17S+. The van der Waals surface area contributed by atoms with E-state index < -0.39 is 62.8 Å². The largest absolute Gasteiger partial charge is 0.485 e. The summed E-state index contributed by atoms with van der Waals surface area (Å²) >= 11 is 0. The molecule has 0 saturated heterocycles. The molecule has 0 aliphatic carbocycles. The van der Waals surface area contributed by atoms with Crippen molar-refractivity contribution in [3.63, 3.8) is 0 Å². The first-order valence-corrected chi connectivity index (χ1v) is 9.32. The normalized spacial score (nSPS) is 16.7. The molecule has 33 heavy (non-hydrogen) atoms. The molecule has 1 unspecified atom stereocenters. The second-order valence-electron chi connectivity index (χ2n) is 6.28. The number of rotatable bonds is 8. The quantitative estimate of drug-likeness (QED) is 0.239. The third kappa shape index (κ3) is 3.88. The average Bonchev–Trinajstić information content (AvgIpc) is 2.66. The minimum atomic E-state index is -8.61. The second kappa shape index (κ2) is 7.96. The van der Waals surface area contributed by atoms with Gasteiger partial charge >= 0.3 is 47.0 Å². The molecule has 0 nitrogen and oxygen atoms in total. The molecule has 0 spiro atoms. The smallest absolute Gasteiger partial charge is 0.192 e. The molecular weight excluding hydrogens is 535 g/mol. The van der Waals surface area contributed by atoms with Crippen molar-refractivity contribution < 1.29 is 74.6 Å². The van der Waals surface area contributed by atoms with Crippen LogP contribution in [-0.2, 0) is 10.9 Å². The zero-order chi connectivity index (χ0) is 26.7. The highest BCUT2D eigenvalue weighted by molar-refractivity contribution is 7.97. The molecule has 1 aromatic carbocycles. The zero-order valence-corrected chi connectivity index (χ0v) is 16.0. The van der Waals surface area contributed by atoms with Crippen molar-refractivity contribution in [3.05, 3.63) is 30.3 Å². The summed E-state index contributed by atoms with van der Waals surface area (Å²) in [7, 11) is -3.53. The van der Waals surface area contributed by atoms with Gasteiger partial charge in [-0.3, -0.25) is 0 Å². The standard InChI is InChI=1S/C15H8F17S/c1-33(7-5-3-2-4-6-7)15(31,32)13(26,27)11(22,23)9(18,19)8(16,17)10(20,21)12(24,25)14(28,29)30/h2-6H,1H3/q+1. The first-order valence-electron chi connectivity index (χ1n) is 7.69. The maximum atomic E-state index is 14.1. The molecule has 192 valence electrons. The van der Waals surface area contributed by atoms with Gasteiger partial charge in [-0.05, 0) is 12.1 Å². The highest BCUT2D eigenvalue weighted by atomic mass is 32.2. The van der Waals surface area contributed by atoms with Crippen molar-refractivity contribution in [2.45, 2.75) is 51.9 Å². The molecule has 0 bridgehead atoms. The van der Waals surface area contributed by atoms with Gasteiger partial charge in [0.15, 0.2) is 4.90 Å². The first-order chi connectivity index (χ1) is 14.3. The van der Waals surface area contributed by atoms with Crippen LogP contribution >= 0.6 is 0 Å². The van der Waals surface area contributed by atoms with E-state index in [1.165, 1.54) is 0 Å². The van der Waals surface area contributed by atoms with Crippen LogP contribution < -0.4 is 0 Å². The van der Waals surface area contributed by atoms with Gasteiger partial charge in [0, 0.05) is 0 Å². The topological polar surface area (TPSA) is 0 Å². The lowest BCUT2D eigenvalue weighted by molar-refractivity contribution is -0.458. The van der Waals surface area contributed by atoms with E-state index in [1.54, 1.807) is 0 Å². The van der Waals surface area contributed by atoms with Gasteiger partial charge < -0.3 is 0 Å². The minimum absolute atomic E-state index is 0.0437. The molecule has 0 fully saturated rings. The van der Waals surface area contributed by atoms with Gasteiger partial charge in [-0.1, -0.05) is 18.2 Å². The van der Waals surface area contributed by atoms with Crippen molar-refractivity contribution in [3.8, 4) is 0 Å². The molecule has 0 saturated carbocycles. The fraction of sp³-hybridized carbons (Fsp3) is 0.600. The van der Waals surface area contributed by atoms with Crippen molar-refractivity contribution in [2.24, 2.45) is 0 Å². The maximum Gasteiger partial charge on any atom is 0.485 e. The van der Waals surface area contributed by atoms with Crippen LogP contribution in [0.4, 0.5) is 74.6 Å². The second-order valence-corrected chi connectivity index (χ2v) is 8.29. The number of alkyl halides is 17. The summed E-state index contributed by atoms with van der Waals surface area (Å²) in [5.74, 6) is -49.7. The predicted octanol–water partition coefficient (Wildman–Crippen LogP) is 7.26. The Hall–Kier alpha value is -1.62. The molecule has 1 aromatic rings. The summed E-state index contributed by atoms with van der Waals surface area (Å²) < 4.78 is 225. The van der Waals surface area contributed by atoms with E-state index in [0.29, 0.717) is 12.1 Å². The fourth-order valence-corrected chi connectivity index (χ4v) is 3.49. The zero-order valence-electron chi connectivity index (χ0n) is 15.2. The Morgan fingerprint density at radius 1 is 0.455 bits per heavy atom. The Balaban J connectivity index is 3.66. The lowest BCUT2D eigenvalue weighted by Crippen LogP contribution is -2.74. The predicted molar refractivity (Wildman–Crippen MR) is 78.7 cm³/mol. The Kier molecular flexibility index (Phi) is 7.10. The van der Waals surface area contributed by atoms with Gasteiger partial charge in [0.25, 0.3) is 0 Å². The van der Waals surface area contributed by atoms with Gasteiger partial charge in [-0.2, -0.15) is 65.9 Å². The summed E-state index contributed by atoms with van der Waals surface area (Å²) in [6.07, 6.45) is -7.72. The third-order valence-corrected chi connectivity index (χ3v) is 6.18. The van der Waals surface area contributed by atoms with Crippen LogP contribution in [0.2, 0.25) is 0 Å². The van der Waals surface area contributed by atoms with Crippen LogP contribution in [-0.4, -0.2) is 53.2 Å². The van der Waals surface area contributed by atoms with E-state index in [4.69, 9.17) is 0 Å². The fourth-order valence-electron chi connectivity index (χ4n) is 2.11. The Morgan fingerprint density at radius 3 is 1.09 bits per heavy atom. The van der Waals surface area contributed by atoms with E-state index >= 15 is 0 Å². The van der Waals surface area contributed by atoms with Crippen LogP contribution in [0.1, 0.15) is 0 Å². The molecule has 0 radical (unpaired) electrons. The number of hydrogen-bond acceptors (Lipinski definition) is 0. The van der Waals surface area contributed by atoms with E-state index in [2.05, 4.69) is 0 Å². The van der Waals surface area contributed by atoms with Gasteiger partial charge in [0.1, 0.15) is 17.2 Å². The summed E-state index contributed by atoms with van der Waals surface area (Å²) in [4.78, 5) is -0.943. The number of benzene rings is 1. The summed E-state index contributed by atoms with van der Waals surface area (Å²) in [6.45, 7) is 0. The van der Waals surface area contributed by atoms with Gasteiger partial charge in [0.05, 0.1) is 0 Å². The van der Waals surface area contributed by atoms with Crippen molar-refractivity contribution >= 4 is 10.9 Å². The number of halogens is 17. The summed E-state index contributed by atoms with van der Waals surface area (Å²) in [5, 5.41) is -6.42. The molecule has 1 rings (SSSR count). The van der Waals surface area contributed by atoms with E-state index in [-0.39, 0.29) is 6.26 Å². The van der Waals surface area contributed by atoms with Crippen molar-refractivity contribution in [2.75, 3.05) is 6.26 Å². The molecule has 1 atom stereocenters. The maximum absolute atomic E-state index is 14.1. The van der Waals surface area contributed by atoms with Crippen LogP contribution in [0.25, 0.3) is 0 Å². The lowest BCUT2D eigenvalue weighted by atomic mass is 9.91. The molecule has 0 aliphatic heterocycles. The van der Waals surface area contributed by atoms with Crippen LogP contribution in [0.3, 0.4) is 0 Å². The first kappa shape index (κ1) is 29.4. The molecule has 0 aliphatic rings. The third-order valence-electron chi connectivity index (χ3n) is 4.17. The van der Waals surface area contributed by atoms with Gasteiger partial charge in [-0.25, -0.2) is 0 Å². The highest BCUT2D eigenvalue weighted by Crippen LogP contribution is 2.64. The van der Waals surface area contributed by atoms with Crippen molar-refractivity contribution in [1.82, 2.24) is 0 Å². The Bertz CT molecular complexity index is 827. The highest BCUT2D eigenvalue weighted by Gasteiger charge is 2.96. The molecule has 0 amide bonds. The van der Waals surface area contributed by atoms with E-state index in [9.17, 15) is 74.6 Å². The molecule has 0 N–H and O–H groups in total. The van der Waals surface area contributed by atoms with Crippen LogP contribution in [0.5, 0.6) is 0 Å². The molecule has 0 aromatic heterocycles. The van der Waals surface area contributed by atoms with Crippen molar-refractivity contribution in [1.29, 1.82) is 0 Å². The lowest BCUT2D eigenvalue weighted by Gasteiger charge is -2.41. The van der Waals surface area contributed by atoms with E-state index in [0.717, 1.165) is 18.2 Å². The van der Waals surface area contributed by atoms with E-state index in [1.807, 2.05) is 0 Å². The van der Waals surface area contributed by atoms with Gasteiger partial charge in [0.2, 0.25) is 0 Å². The summed E-state index contributed by atoms with van der Waals surface area (Å²) in [5.41, 5.74) is 0. The Labute approximate surface area is 175 Å². The number of hydrogen-bond donors (Lipinski definition) is 0. The Morgan fingerprint density at radius 2 is 0.758 bits per heavy atom. The van der Waals surface area contributed by atoms with Crippen LogP contribution in [0, 0.1) is 0 Å². The summed E-state index contributed by atoms with van der Waals surface area (Å²) in [6, 6.07) is 3.98. The molecule has 0 heterocycles. The monoisotopic (exact) mass is 543 g/mol.